The second-order valence-electron chi connectivity index (χ2n) is 4.30. The Labute approximate surface area is 106 Å². The smallest absolute Gasteiger partial charge is 0.165 e. The van der Waals surface area contributed by atoms with Crippen molar-refractivity contribution < 1.29 is 9.13 Å². The minimum Gasteiger partial charge on any atom is -0.484 e. The van der Waals surface area contributed by atoms with Gasteiger partial charge in [-0.2, -0.15) is 0 Å². The number of rotatable bonds is 5. The molecule has 0 saturated carbocycles. The summed E-state index contributed by atoms with van der Waals surface area (Å²) in [6, 6.07) is 4.85. The summed E-state index contributed by atoms with van der Waals surface area (Å²) in [6.07, 6.45) is 4.56. The highest BCUT2D eigenvalue weighted by molar-refractivity contribution is 5.29. The van der Waals surface area contributed by atoms with E-state index < -0.39 is 0 Å². The molecule has 1 heterocycles. The molecule has 0 unspecified atom stereocenters. The monoisotopic (exact) mass is 248 g/mol. The van der Waals surface area contributed by atoms with E-state index in [0.29, 0.717) is 12.4 Å². The van der Waals surface area contributed by atoms with Crippen LogP contribution in [0.1, 0.15) is 24.6 Å². The summed E-state index contributed by atoms with van der Waals surface area (Å²) in [5.74, 6) is -0.0404. The maximum absolute atomic E-state index is 13.5. The first-order valence-electron chi connectivity index (χ1n) is 6.08. The van der Waals surface area contributed by atoms with Crippen LogP contribution in [-0.4, -0.2) is 9.55 Å². The van der Waals surface area contributed by atoms with Crippen LogP contribution in [0, 0.1) is 12.7 Å². The van der Waals surface area contributed by atoms with Gasteiger partial charge in [-0.1, -0.05) is 13.0 Å². The molecule has 1 aromatic carbocycles. The van der Waals surface area contributed by atoms with Crippen molar-refractivity contribution in [2.45, 2.75) is 33.4 Å². The van der Waals surface area contributed by atoms with Gasteiger partial charge in [0.25, 0.3) is 0 Å². The van der Waals surface area contributed by atoms with Crippen molar-refractivity contribution in [3.05, 3.63) is 47.8 Å². The van der Waals surface area contributed by atoms with Crippen LogP contribution in [0.5, 0.6) is 5.75 Å². The first-order valence-corrected chi connectivity index (χ1v) is 6.08. The Morgan fingerprint density at radius 1 is 1.39 bits per heavy atom. The summed E-state index contributed by atoms with van der Waals surface area (Å²) in [4.78, 5) is 4.08. The summed E-state index contributed by atoms with van der Waals surface area (Å²) < 4.78 is 21.0. The van der Waals surface area contributed by atoms with Crippen molar-refractivity contribution in [1.29, 1.82) is 0 Å². The molecule has 2 rings (SSSR count). The van der Waals surface area contributed by atoms with Gasteiger partial charge in [0.2, 0.25) is 0 Å². The van der Waals surface area contributed by atoms with Crippen LogP contribution in [-0.2, 0) is 13.2 Å². The van der Waals surface area contributed by atoms with E-state index in [1.54, 1.807) is 24.7 Å². The zero-order valence-electron chi connectivity index (χ0n) is 10.7. The average Bonchev–Trinajstić information content (AvgIpc) is 2.78. The third-order valence-corrected chi connectivity index (χ3v) is 2.73. The molecule has 0 fully saturated rings. The van der Waals surface area contributed by atoms with E-state index in [2.05, 4.69) is 11.9 Å². The number of aromatic nitrogens is 2. The van der Waals surface area contributed by atoms with Gasteiger partial charge in [-0.05, 0) is 31.0 Å². The molecule has 18 heavy (non-hydrogen) atoms. The van der Waals surface area contributed by atoms with E-state index in [4.69, 9.17) is 4.74 Å². The van der Waals surface area contributed by atoms with Gasteiger partial charge in [0.15, 0.2) is 11.6 Å². The van der Waals surface area contributed by atoms with Gasteiger partial charge in [-0.3, -0.25) is 0 Å². The topological polar surface area (TPSA) is 27.1 Å². The molecule has 96 valence electrons. The van der Waals surface area contributed by atoms with E-state index >= 15 is 0 Å². The lowest BCUT2D eigenvalue weighted by Gasteiger charge is -2.10. The van der Waals surface area contributed by atoms with Crippen LogP contribution in [0.15, 0.2) is 30.7 Å². The SMILES string of the molecule is CCCn1cncc1COc1cc(C)ccc1F. The molecule has 0 aliphatic carbocycles. The van der Waals surface area contributed by atoms with Gasteiger partial charge in [0, 0.05) is 6.54 Å². The van der Waals surface area contributed by atoms with Crippen molar-refractivity contribution in [2.24, 2.45) is 0 Å². The number of aryl methyl sites for hydroxylation is 2. The first-order chi connectivity index (χ1) is 8.70. The molecule has 0 spiro atoms. The molecule has 4 heteroatoms. The molecule has 0 atom stereocenters. The van der Waals surface area contributed by atoms with Crippen molar-refractivity contribution in [1.82, 2.24) is 9.55 Å². The lowest BCUT2D eigenvalue weighted by atomic mass is 10.2. The molecule has 0 amide bonds. The molecule has 0 saturated heterocycles. The van der Waals surface area contributed by atoms with Gasteiger partial charge in [0.1, 0.15) is 6.61 Å². The van der Waals surface area contributed by atoms with Gasteiger partial charge in [0.05, 0.1) is 18.2 Å². The maximum atomic E-state index is 13.5. The van der Waals surface area contributed by atoms with Gasteiger partial charge < -0.3 is 9.30 Å². The fraction of sp³-hybridized carbons (Fsp3) is 0.357. The minimum absolute atomic E-state index is 0.291. The van der Waals surface area contributed by atoms with Crippen molar-refractivity contribution >= 4 is 0 Å². The molecule has 1 aromatic heterocycles. The quantitative estimate of drug-likeness (QED) is 0.811. The Bertz CT molecular complexity index is 522. The predicted molar refractivity (Wildman–Crippen MR) is 68.0 cm³/mol. The standard InChI is InChI=1S/C14H17FN2O/c1-3-6-17-10-16-8-12(17)9-18-14-7-11(2)4-5-13(14)15/h4-5,7-8,10H,3,6,9H2,1-2H3. The number of nitrogens with zero attached hydrogens (tertiary/aromatic N) is 2. The fourth-order valence-electron chi connectivity index (χ4n) is 1.78. The van der Waals surface area contributed by atoms with Crippen LogP contribution in [0.2, 0.25) is 0 Å². The van der Waals surface area contributed by atoms with E-state index in [1.165, 1.54) is 6.07 Å². The Hall–Kier alpha value is -1.84. The van der Waals surface area contributed by atoms with E-state index in [9.17, 15) is 4.39 Å². The molecule has 0 aliphatic rings. The van der Waals surface area contributed by atoms with Crippen molar-refractivity contribution in [3.63, 3.8) is 0 Å². The fourth-order valence-corrected chi connectivity index (χ4v) is 1.78. The normalized spacial score (nSPS) is 10.6. The summed E-state index contributed by atoms with van der Waals surface area (Å²) in [6.45, 7) is 5.24. The van der Waals surface area contributed by atoms with Crippen LogP contribution in [0.4, 0.5) is 4.39 Å². The molecule has 2 aromatic rings. The lowest BCUT2D eigenvalue weighted by Crippen LogP contribution is -2.05. The molecular weight excluding hydrogens is 231 g/mol. The van der Waals surface area contributed by atoms with E-state index in [0.717, 1.165) is 24.2 Å². The number of benzene rings is 1. The largest absolute Gasteiger partial charge is 0.484 e. The number of hydrogen-bond donors (Lipinski definition) is 0. The summed E-state index contributed by atoms with van der Waals surface area (Å²) in [7, 11) is 0. The maximum Gasteiger partial charge on any atom is 0.165 e. The lowest BCUT2D eigenvalue weighted by molar-refractivity contribution is 0.280. The van der Waals surface area contributed by atoms with E-state index in [1.807, 2.05) is 11.5 Å². The van der Waals surface area contributed by atoms with Crippen LogP contribution >= 0.6 is 0 Å². The highest BCUT2D eigenvalue weighted by Crippen LogP contribution is 2.19. The highest BCUT2D eigenvalue weighted by Gasteiger charge is 2.06. The second-order valence-corrected chi connectivity index (χ2v) is 4.30. The molecule has 0 bridgehead atoms. The third kappa shape index (κ3) is 2.88. The average molecular weight is 248 g/mol. The molecule has 0 radical (unpaired) electrons. The number of ether oxygens (including phenoxy) is 1. The van der Waals surface area contributed by atoms with Crippen molar-refractivity contribution in [3.8, 4) is 5.75 Å². The van der Waals surface area contributed by atoms with Crippen LogP contribution < -0.4 is 4.74 Å². The Kier molecular flexibility index (Phi) is 3.97. The summed E-state index contributed by atoms with van der Waals surface area (Å²) in [5, 5.41) is 0. The third-order valence-electron chi connectivity index (χ3n) is 2.73. The highest BCUT2D eigenvalue weighted by atomic mass is 19.1. The number of imidazole rings is 1. The number of halogens is 1. The summed E-state index contributed by atoms with van der Waals surface area (Å²) >= 11 is 0. The van der Waals surface area contributed by atoms with Gasteiger partial charge >= 0.3 is 0 Å². The molecular formula is C14H17FN2O. The minimum atomic E-state index is -0.331. The van der Waals surface area contributed by atoms with Gasteiger partial charge in [-0.25, -0.2) is 9.37 Å². The molecule has 3 nitrogen and oxygen atoms in total. The second kappa shape index (κ2) is 5.67. The van der Waals surface area contributed by atoms with E-state index in [-0.39, 0.29) is 5.82 Å². The Balaban J connectivity index is 2.06. The predicted octanol–water partition coefficient (Wildman–Crippen LogP) is 3.32. The number of hydrogen-bond acceptors (Lipinski definition) is 2. The zero-order chi connectivity index (χ0) is 13.0. The Morgan fingerprint density at radius 3 is 3.00 bits per heavy atom. The first kappa shape index (κ1) is 12.6. The van der Waals surface area contributed by atoms with Gasteiger partial charge in [-0.15, -0.1) is 0 Å². The summed E-state index contributed by atoms with van der Waals surface area (Å²) in [5.41, 5.74) is 1.94. The van der Waals surface area contributed by atoms with Crippen LogP contribution in [0.3, 0.4) is 0 Å². The molecule has 0 aliphatic heterocycles. The Morgan fingerprint density at radius 2 is 2.22 bits per heavy atom. The zero-order valence-corrected chi connectivity index (χ0v) is 10.7. The van der Waals surface area contributed by atoms with Crippen molar-refractivity contribution in [2.75, 3.05) is 0 Å². The van der Waals surface area contributed by atoms with Crippen LogP contribution in [0.25, 0.3) is 0 Å². The molecule has 0 N–H and O–H groups in total.